The summed E-state index contributed by atoms with van der Waals surface area (Å²) in [5, 5.41) is 16.5. The highest BCUT2D eigenvalue weighted by atomic mass is 16.3. The number of nitrogens with zero attached hydrogens (tertiary/aromatic N) is 2. The van der Waals surface area contributed by atoms with E-state index >= 15 is 0 Å². The topological polar surface area (TPSA) is 113 Å². The van der Waals surface area contributed by atoms with Gasteiger partial charge in [-0.15, -0.1) is 0 Å². The molecule has 5 N–H and O–H groups in total. The molecule has 2 bridgehead atoms. The van der Waals surface area contributed by atoms with Crippen LogP contribution >= 0.6 is 0 Å². The molecule has 7 nitrogen and oxygen atoms in total. The molecular formula is C18H27N5O2. The van der Waals surface area contributed by atoms with Crippen LogP contribution in [0.15, 0.2) is 6.20 Å². The van der Waals surface area contributed by atoms with Crippen molar-refractivity contribution in [3.05, 3.63) is 11.8 Å². The molecule has 3 fully saturated rings. The van der Waals surface area contributed by atoms with E-state index in [-0.39, 0.29) is 17.7 Å². The van der Waals surface area contributed by atoms with Crippen molar-refractivity contribution in [3.8, 4) is 0 Å². The fourth-order valence-corrected chi connectivity index (χ4v) is 4.75. The third-order valence-corrected chi connectivity index (χ3v) is 6.21. The Morgan fingerprint density at radius 2 is 1.92 bits per heavy atom. The van der Waals surface area contributed by atoms with E-state index in [2.05, 4.69) is 20.6 Å². The van der Waals surface area contributed by atoms with Crippen LogP contribution in [-0.4, -0.2) is 38.7 Å². The van der Waals surface area contributed by atoms with Crippen molar-refractivity contribution in [3.63, 3.8) is 0 Å². The second-order valence-electron chi connectivity index (χ2n) is 8.02. The van der Waals surface area contributed by atoms with Crippen LogP contribution in [0.2, 0.25) is 0 Å². The number of aliphatic hydroxyl groups is 1. The summed E-state index contributed by atoms with van der Waals surface area (Å²) in [5.74, 6) is 1.39. The van der Waals surface area contributed by atoms with Crippen molar-refractivity contribution >= 4 is 17.7 Å². The maximum absolute atomic E-state index is 11.8. The minimum atomic E-state index is -0.501. The van der Waals surface area contributed by atoms with Crippen LogP contribution in [0.25, 0.3) is 0 Å². The first-order valence-electron chi connectivity index (χ1n) is 9.43. The molecule has 0 aliphatic heterocycles. The van der Waals surface area contributed by atoms with Crippen LogP contribution < -0.4 is 16.4 Å². The second kappa shape index (κ2) is 6.44. The first-order valence-corrected chi connectivity index (χ1v) is 9.43. The zero-order valence-corrected chi connectivity index (χ0v) is 14.5. The molecule has 1 aromatic rings. The number of anilines is 2. The van der Waals surface area contributed by atoms with E-state index in [0.717, 1.165) is 50.9 Å². The normalized spacial score (nSPS) is 34.0. The van der Waals surface area contributed by atoms with Gasteiger partial charge in [0.1, 0.15) is 5.82 Å². The van der Waals surface area contributed by atoms with Crippen LogP contribution in [0, 0.1) is 5.92 Å². The molecule has 0 radical (unpaired) electrons. The third-order valence-electron chi connectivity index (χ3n) is 6.21. The molecule has 3 saturated carbocycles. The average molecular weight is 345 g/mol. The van der Waals surface area contributed by atoms with E-state index in [0.29, 0.717) is 17.3 Å². The molecule has 136 valence electrons. The summed E-state index contributed by atoms with van der Waals surface area (Å²) in [6.45, 7) is 0. The van der Waals surface area contributed by atoms with Gasteiger partial charge >= 0.3 is 0 Å². The molecule has 7 heteroatoms. The van der Waals surface area contributed by atoms with E-state index < -0.39 is 5.91 Å². The summed E-state index contributed by atoms with van der Waals surface area (Å²) in [5.41, 5.74) is 5.95. The Morgan fingerprint density at radius 3 is 2.52 bits per heavy atom. The number of carbonyl (C=O) groups excluding carboxylic acids is 1. The fraction of sp³-hybridized carbons (Fsp3) is 0.722. The summed E-state index contributed by atoms with van der Waals surface area (Å²) in [7, 11) is 0. The van der Waals surface area contributed by atoms with Crippen LogP contribution in [0.1, 0.15) is 68.1 Å². The minimum absolute atomic E-state index is 0.0649. The van der Waals surface area contributed by atoms with Gasteiger partial charge in [-0.25, -0.2) is 4.98 Å². The molecule has 0 unspecified atom stereocenters. The largest absolute Gasteiger partial charge is 0.393 e. The second-order valence-corrected chi connectivity index (χ2v) is 8.02. The molecule has 1 aromatic heterocycles. The Hall–Kier alpha value is -1.89. The van der Waals surface area contributed by atoms with Crippen molar-refractivity contribution in [1.29, 1.82) is 0 Å². The predicted octanol–water partition coefficient (Wildman–Crippen LogP) is 2.04. The zero-order chi connectivity index (χ0) is 17.4. The highest BCUT2D eigenvalue weighted by molar-refractivity contribution is 5.97. The van der Waals surface area contributed by atoms with Gasteiger partial charge in [0.05, 0.1) is 11.7 Å². The number of primary amides is 1. The van der Waals surface area contributed by atoms with Gasteiger partial charge in [-0.2, -0.15) is 4.98 Å². The lowest BCUT2D eigenvalue weighted by molar-refractivity contribution is 0.1000. The third kappa shape index (κ3) is 3.42. The molecule has 1 heterocycles. The number of aliphatic hydroxyl groups excluding tert-OH is 1. The Morgan fingerprint density at radius 1 is 1.20 bits per heavy atom. The van der Waals surface area contributed by atoms with E-state index in [4.69, 9.17) is 5.73 Å². The average Bonchev–Trinajstić information content (AvgIpc) is 3.17. The molecule has 1 amide bonds. The van der Waals surface area contributed by atoms with Crippen molar-refractivity contribution in [2.75, 3.05) is 10.6 Å². The Labute approximate surface area is 147 Å². The van der Waals surface area contributed by atoms with Gasteiger partial charge < -0.3 is 21.5 Å². The van der Waals surface area contributed by atoms with Gasteiger partial charge in [-0.3, -0.25) is 4.79 Å². The fourth-order valence-electron chi connectivity index (χ4n) is 4.75. The van der Waals surface area contributed by atoms with E-state index in [1.54, 1.807) is 0 Å². The van der Waals surface area contributed by atoms with Crippen molar-refractivity contribution < 1.29 is 9.90 Å². The Balaban J connectivity index is 1.52. The molecule has 0 spiro atoms. The summed E-state index contributed by atoms with van der Waals surface area (Å²) in [4.78, 5) is 20.7. The van der Waals surface area contributed by atoms with E-state index in [9.17, 15) is 9.90 Å². The number of amides is 1. The Kier molecular flexibility index (Phi) is 4.27. The molecule has 3 aliphatic rings. The number of hydrogen-bond acceptors (Lipinski definition) is 6. The predicted molar refractivity (Wildman–Crippen MR) is 95.4 cm³/mol. The lowest BCUT2D eigenvalue weighted by Gasteiger charge is -2.30. The molecule has 25 heavy (non-hydrogen) atoms. The monoisotopic (exact) mass is 345 g/mol. The summed E-state index contributed by atoms with van der Waals surface area (Å²) < 4.78 is 0. The zero-order valence-electron chi connectivity index (χ0n) is 14.5. The van der Waals surface area contributed by atoms with Gasteiger partial charge in [0.25, 0.3) is 5.91 Å². The quantitative estimate of drug-likeness (QED) is 0.649. The number of nitrogens with two attached hydrogens (primary N) is 1. The molecule has 0 aromatic carbocycles. The van der Waals surface area contributed by atoms with Gasteiger partial charge in [-0.05, 0) is 63.7 Å². The van der Waals surface area contributed by atoms with Crippen LogP contribution in [0.4, 0.5) is 11.8 Å². The lowest BCUT2D eigenvalue weighted by atomic mass is 9.93. The van der Waals surface area contributed by atoms with E-state index in [1.165, 1.54) is 19.0 Å². The van der Waals surface area contributed by atoms with Gasteiger partial charge in [0.2, 0.25) is 5.95 Å². The van der Waals surface area contributed by atoms with Crippen molar-refractivity contribution in [2.24, 2.45) is 11.7 Å². The number of hydrogen-bond donors (Lipinski definition) is 4. The number of carbonyl (C=O) groups is 1. The molecule has 0 saturated heterocycles. The minimum Gasteiger partial charge on any atom is -0.393 e. The molecule has 4 rings (SSSR count). The first kappa shape index (κ1) is 16.6. The SMILES string of the molecule is NC(=O)c1cnc(NC2CCC(O)CC2)nc1NC12CCC(CC1)C2. The molecular weight excluding hydrogens is 318 g/mol. The van der Waals surface area contributed by atoms with Crippen LogP contribution in [-0.2, 0) is 0 Å². The van der Waals surface area contributed by atoms with Crippen LogP contribution in [0.5, 0.6) is 0 Å². The van der Waals surface area contributed by atoms with Crippen molar-refractivity contribution in [2.45, 2.75) is 75.5 Å². The molecule has 0 atom stereocenters. The number of aromatic nitrogens is 2. The standard InChI is InChI=1S/C18H27N5O2/c19-15(25)14-10-20-17(21-12-1-3-13(24)4-2-12)22-16(14)23-18-7-5-11(9-18)6-8-18/h10-13,24H,1-9H2,(H2,19,25)(H2,20,21,22,23). The maximum atomic E-state index is 11.8. The lowest BCUT2D eigenvalue weighted by Crippen LogP contribution is -2.35. The van der Waals surface area contributed by atoms with Crippen molar-refractivity contribution in [1.82, 2.24) is 9.97 Å². The van der Waals surface area contributed by atoms with Crippen LogP contribution in [0.3, 0.4) is 0 Å². The highest BCUT2D eigenvalue weighted by Gasteiger charge is 2.45. The number of fused-ring (bicyclic) bond motifs is 2. The smallest absolute Gasteiger partial charge is 0.254 e. The summed E-state index contributed by atoms with van der Waals surface area (Å²) in [6.07, 6.45) is 10.6. The maximum Gasteiger partial charge on any atom is 0.254 e. The number of rotatable bonds is 5. The van der Waals surface area contributed by atoms with Gasteiger partial charge in [0, 0.05) is 17.8 Å². The number of nitrogens with one attached hydrogen (secondary N) is 2. The first-order chi connectivity index (χ1) is 12.0. The Bertz CT molecular complexity index is 649. The highest BCUT2D eigenvalue weighted by Crippen LogP contribution is 2.49. The van der Waals surface area contributed by atoms with Gasteiger partial charge in [0.15, 0.2) is 0 Å². The van der Waals surface area contributed by atoms with E-state index in [1.807, 2.05) is 0 Å². The molecule has 3 aliphatic carbocycles. The van der Waals surface area contributed by atoms with Gasteiger partial charge in [-0.1, -0.05) is 0 Å². The summed E-state index contributed by atoms with van der Waals surface area (Å²) >= 11 is 0. The summed E-state index contributed by atoms with van der Waals surface area (Å²) in [6, 6.07) is 0.260.